The van der Waals surface area contributed by atoms with Gasteiger partial charge in [-0.25, -0.2) is 0 Å². The summed E-state index contributed by atoms with van der Waals surface area (Å²) in [5.74, 6) is -0.645. The van der Waals surface area contributed by atoms with Crippen LogP contribution in [0.3, 0.4) is 0 Å². The zero-order chi connectivity index (χ0) is 33.3. The highest BCUT2D eigenvalue weighted by Gasteiger charge is 2.41. The molecule has 8 rings (SSSR count). The maximum Gasteiger partial charge on any atom is 0.266 e. The van der Waals surface area contributed by atoms with Crippen molar-refractivity contribution in [3.63, 3.8) is 0 Å². The van der Waals surface area contributed by atoms with Crippen molar-refractivity contribution in [2.75, 3.05) is 13.1 Å². The van der Waals surface area contributed by atoms with Crippen LogP contribution < -0.4 is 10.7 Å². The minimum atomic E-state index is -0.323. The third kappa shape index (κ3) is 4.34. The number of carbonyl (C=O) groups is 2. The summed E-state index contributed by atoms with van der Waals surface area (Å²) in [6.07, 6.45) is 9.95. The van der Waals surface area contributed by atoms with Crippen molar-refractivity contribution in [3.8, 4) is 0 Å². The number of carbonyl (C=O) groups excluding carboxylic acids is 2. The zero-order valence-corrected chi connectivity index (χ0v) is 28.4. The largest absolute Gasteiger partial charge is 0.344 e. The Labute approximate surface area is 284 Å². The number of thiocarbonyl (C=S) groups is 1. The Morgan fingerprint density at radius 2 is 1.02 bits per heavy atom. The molecular weight excluding hydrogens is 613 g/mol. The van der Waals surface area contributed by atoms with Crippen LogP contribution in [0, 0.1) is 0 Å². The molecule has 0 atom stereocenters. The van der Waals surface area contributed by atoms with Crippen LogP contribution in [0.15, 0.2) is 107 Å². The van der Waals surface area contributed by atoms with Crippen molar-refractivity contribution in [3.05, 3.63) is 118 Å². The Bertz CT molecular complexity index is 2390. The predicted octanol–water partition coefficient (Wildman–Crippen LogP) is 6.61. The maximum absolute atomic E-state index is 14.1. The number of hydrogen-bond donors (Lipinski definition) is 0. The Balaban J connectivity index is 1.37. The number of amides is 2. The third-order valence-electron chi connectivity index (χ3n) is 10.2. The predicted molar refractivity (Wildman–Crippen MR) is 200 cm³/mol. The lowest BCUT2D eigenvalue weighted by molar-refractivity contribution is -0.133. The molecule has 48 heavy (non-hydrogen) atoms. The minimum Gasteiger partial charge on any atom is -0.344 e. The molecule has 6 aromatic rings. The van der Waals surface area contributed by atoms with E-state index in [2.05, 4.69) is 120 Å². The second-order valence-corrected chi connectivity index (χ2v) is 13.0. The van der Waals surface area contributed by atoms with Crippen molar-refractivity contribution in [2.24, 2.45) is 14.1 Å². The average Bonchev–Trinajstić information content (AvgIpc) is 3.71. The molecule has 0 spiro atoms. The van der Waals surface area contributed by atoms with Crippen molar-refractivity contribution in [1.29, 1.82) is 0 Å². The first-order valence-electron chi connectivity index (χ1n) is 16.6. The lowest BCUT2D eigenvalue weighted by atomic mass is 9.95. The van der Waals surface area contributed by atoms with E-state index in [-0.39, 0.29) is 22.5 Å². The highest BCUT2D eigenvalue weighted by atomic mass is 32.1. The molecular formula is C41H36N4O2S. The number of aryl methyl sites for hydroxylation is 2. The fourth-order valence-corrected chi connectivity index (χ4v) is 8.27. The number of allylic oxidation sites excluding steroid dienone is 5. The van der Waals surface area contributed by atoms with Gasteiger partial charge >= 0.3 is 0 Å². The summed E-state index contributed by atoms with van der Waals surface area (Å²) in [7, 11) is 4.18. The van der Waals surface area contributed by atoms with Gasteiger partial charge in [0.15, 0.2) is 5.11 Å². The quantitative estimate of drug-likeness (QED) is 0.123. The molecule has 0 unspecified atom stereocenters. The first kappa shape index (κ1) is 30.1. The van der Waals surface area contributed by atoms with Gasteiger partial charge in [0.05, 0.1) is 0 Å². The molecule has 238 valence electrons. The van der Waals surface area contributed by atoms with Crippen LogP contribution in [0.1, 0.15) is 26.7 Å². The van der Waals surface area contributed by atoms with Gasteiger partial charge in [0, 0.05) is 70.5 Å². The van der Waals surface area contributed by atoms with Crippen LogP contribution in [0.5, 0.6) is 0 Å². The van der Waals surface area contributed by atoms with Gasteiger partial charge in [-0.05, 0) is 90.7 Å². The number of aromatic nitrogens is 2. The monoisotopic (exact) mass is 648 g/mol. The number of likely N-dealkylation sites (N-methyl/N-ethyl adjacent to an activating group) is 2. The molecule has 7 heteroatoms. The van der Waals surface area contributed by atoms with Crippen LogP contribution in [0.4, 0.5) is 0 Å². The number of nitrogens with zero attached hydrogens (tertiary/aromatic N) is 4. The standard InChI is InChI=1S/C41H36N4O2S/c1-5-44-39(46)38(40(47)45(6-2)41(44)48)35-27(21-23-31-29-15-7-11-25-13-9-17-33(36(25)29)42(31)3)19-20-28(35)22-24-32-30-16-8-12-26-14-10-18-34(37(26)30)43(32)4/h7-18,21-24H,5-6,19-20H2,1-4H3/b27-21-,28-22+,31-23-,32-24-. The molecule has 6 nitrogen and oxygen atoms in total. The summed E-state index contributed by atoms with van der Waals surface area (Å²) in [5.41, 5.74) is 5.23. The van der Waals surface area contributed by atoms with Gasteiger partial charge in [-0.1, -0.05) is 72.8 Å². The molecule has 0 N–H and O–H groups in total. The average molecular weight is 649 g/mol. The van der Waals surface area contributed by atoms with E-state index in [1.54, 1.807) is 9.80 Å². The van der Waals surface area contributed by atoms with Crippen LogP contribution in [-0.4, -0.2) is 49.0 Å². The molecule has 0 radical (unpaired) electrons. The van der Waals surface area contributed by atoms with Crippen LogP contribution in [0.2, 0.25) is 0 Å². The van der Waals surface area contributed by atoms with Gasteiger partial charge < -0.3 is 9.13 Å². The molecule has 2 fully saturated rings. The van der Waals surface area contributed by atoms with Gasteiger partial charge in [-0.2, -0.15) is 0 Å². The molecule has 2 amide bonds. The fourth-order valence-electron chi connectivity index (χ4n) is 7.84. The van der Waals surface area contributed by atoms with Crippen LogP contribution in [0.25, 0.3) is 55.5 Å². The highest BCUT2D eigenvalue weighted by molar-refractivity contribution is 7.80. The lowest BCUT2D eigenvalue weighted by Gasteiger charge is -2.36. The topological polar surface area (TPSA) is 50.5 Å². The van der Waals surface area contributed by atoms with Gasteiger partial charge in [-0.3, -0.25) is 19.4 Å². The van der Waals surface area contributed by atoms with Crippen molar-refractivity contribution < 1.29 is 9.59 Å². The van der Waals surface area contributed by atoms with Gasteiger partial charge in [0.25, 0.3) is 11.8 Å². The summed E-state index contributed by atoms with van der Waals surface area (Å²) in [6, 6.07) is 25.6. The molecule has 1 saturated carbocycles. The number of rotatable bonds is 4. The SMILES string of the molecule is CCN1C(=O)C(=C2/C(=C\C=c3\c4cccc5cccc(c54)n3C)CC/C2=C\C=c2\c3cccc4cccc(c43)n2C)C(=O)N(CC)C1=S. The molecule has 2 aromatic heterocycles. The maximum atomic E-state index is 14.1. The molecule has 4 aromatic carbocycles. The third-order valence-corrected chi connectivity index (χ3v) is 10.7. The Morgan fingerprint density at radius 1 is 0.604 bits per heavy atom. The minimum absolute atomic E-state index is 0.203. The molecule has 1 aliphatic heterocycles. The molecule has 0 bridgehead atoms. The van der Waals surface area contributed by atoms with Crippen LogP contribution in [-0.2, 0) is 23.7 Å². The Hall–Kier alpha value is -5.27. The zero-order valence-electron chi connectivity index (χ0n) is 27.6. The van der Waals surface area contributed by atoms with Crippen molar-refractivity contribution in [2.45, 2.75) is 26.7 Å². The van der Waals surface area contributed by atoms with E-state index in [9.17, 15) is 9.59 Å². The van der Waals surface area contributed by atoms with Crippen molar-refractivity contribution in [1.82, 2.24) is 18.9 Å². The Kier molecular flexibility index (Phi) is 7.18. The number of benzene rings is 4. The molecule has 1 saturated heterocycles. The van der Waals surface area contributed by atoms with Gasteiger partial charge in [0.2, 0.25) is 0 Å². The summed E-state index contributed by atoms with van der Waals surface area (Å²) >= 11 is 5.62. The lowest BCUT2D eigenvalue weighted by Crippen LogP contribution is -2.56. The van der Waals surface area contributed by atoms with E-state index in [0.29, 0.717) is 25.9 Å². The van der Waals surface area contributed by atoms with E-state index in [4.69, 9.17) is 12.2 Å². The summed E-state index contributed by atoms with van der Waals surface area (Å²) in [6.45, 7) is 4.58. The fraction of sp³-hybridized carbons (Fsp3) is 0.195. The van der Waals surface area contributed by atoms with Gasteiger partial charge in [0.1, 0.15) is 5.57 Å². The molecule has 3 heterocycles. The second-order valence-electron chi connectivity index (χ2n) is 12.6. The molecule has 1 aliphatic carbocycles. The highest BCUT2D eigenvalue weighted by Crippen LogP contribution is 2.40. The number of hydrogen-bond acceptors (Lipinski definition) is 3. The van der Waals surface area contributed by atoms with Gasteiger partial charge in [-0.15, -0.1) is 0 Å². The van der Waals surface area contributed by atoms with E-state index >= 15 is 0 Å². The van der Waals surface area contributed by atoms with E-state index in [1.807, 2.05) is 13.8 Å². The first-order chi connectivity index (χ1) is 23.3. The smallest absolute Gasteiger partial charge is 0.266 e. The van der Waals surface area contributed by atoms with E-state index < -0.39 is 0 Å². The second kappa shape index (κ2) is 11.5. The van der Waals surface area contributed by atoms with E-state index in [1.165, 1.54) is 43.4 Å². The summed E-state index contributed by atoms with van der Waals surface area (Å²) < 4.78 is 4.44. The summed E-state index contributed by atoms with van der Waals surface area (Å²) in [5, 5.41) is 9.70. The van der Waals surface area contributed by atoms with E-state index in [0.717, 1.165) is 27.4 Å². The molecule has 2 aliphatic rings. The Morgan fingerprint density at radius 3 is 1.44 bits per heavy atom. The first-order valence-corrected chi connectivity index (χ1v) is 17.0. The van der Waals surface area contributed by atoms with Crippen LogP contribution >= 0.6 is 12.2 Å². The summed E-state index contributed by atoms with van der Waals surface area (Å²) in [4.78, 5) is 31.4. The van der Waals surface area contributed by atoms with Crippen molar-refractivity contribution >= 4 is 84.6 Å². The normalized spacial score (nSPS) is 18.7.